The van der Waals surface area contributed by atoms with Crippen LogP contribution in [-0.2, 0) is 11.2 Å². The Morgan fingerprint density at radius 2 is 2.39 bits per heavy atom. The fraction of sp³-hybridized carbons (Fsp3) is 0.529. The van der Waals surface area contributed by atoms with Crippen LogP contribution in [0.5, 0.6) is 0 Å². The Balaban J connectivity index is 1.75. The molecule has 3 heterocycles. The van der Waals surface area contributed by atoms with Crippen molar-refractivity contribution in [2.24, 2.45) is 5.92 Å². The van der Waals surface area contributed by atoms with Crippen LogP contribution >= 0.6 is 22.7 Å². The smallest absolute Gasteiger partial charge is 0.224 e. The van der Waals surface area contributed by atoms with Gasteiger partial charge in [-0.1, -0.05) is 0 Å². The van der Waals surface area contributed by atoms with E-state index >= 15 is 0 Å². The van der Waals surface area contributed by atoms with Gasteiger partial charge in [0.2, 0.25) is 5.91 Å². The van der Waals surface area contributed by atoms with Crippen LogP contribution in [0.25, 0.3) is 0 Å². The highest BCUT2D eigenvalue weighted by Crippen LogP contribution is 2.27. The first kappa shape index (κ1) is 16.6. The van der Waals surface area contributed by atoms with E-state index in [4.69, 9.17) is 0 Å². The molecule has 0 spiro atoms. The van der Waals surface area contributed by atoms with Crippen LogP contribution in [0.3, 0.4) is 0 Å². The van der Waals surface area contributed by atoms with E-state index in [1.54, 1.807) is 22.7 Å². The van der Waals surface area contributed by atoms with Crippen LogP contribution in [0, 0.1) is 19.8 Å². The highest BCUT2D eigenvalue weighted by atomic mass is 32.1. The van der Waals surface area contributed by atoms with Gasteiger partial charge in [-0.2, -0.15) is 11.3 Å². The summed E-state index contributed by atoms with van der Waals surface area (Å²) >= 11 is 3.39. The fourth-order valence-corrected chi connectivity index (χ4v) is 4.51. The zero-order valence-electron chi connectivity index (χ0n) is 13.6. The predicted octanol–water partition coefficient (Wildman–Crippen LogP) is 3.22. The van der Waals surface area contributed by atoms with Gasteiger partial charge in [-0.25, -0.2) is 4.98 Å². The second-order valence-corrected chi connectivity index (χ2v) is 8.15. The molecule has 1 amide bonds. The Morgan fingerprint density at radius 1 is 1.52 bits per heavy atom. The number of nitrogens with one attached hydrogen (secondary N) is 2. The molecule has 1 aliphatic heterocycles. The molecule has 0 aliphatic carbocycles. The molecule has 6 heteroatoms. The number of piperidine rings is 1. The molecule has 0 unspecified atom stereocenters. The summed E-state index contributed by atoms with van der Waals surface area (Å²) < 4.78 is 0. The number of rotatable bonds is 5. The summed E-state index contributed by atoms with van der Waals surface area (Å²) in [6.45, 7) is 5.93. The summed E-state index contributed by atoms with van der Waals surface area (Å²) in [6.07, 6.45) is 2.85. The van der Waals surface area contributed by atoms with Crippen LogP contribution in [0.2, 0.25) is 0 Å². The highest BCUT2D eigenvalue weighted by Gasteiger charge is 2.25. The van der Waals surface area contributed by atoms with Crippen molar-refractivity contribution in [1.29, 1.82) is 0 Å². The molecular formula is C17H23N3OS2. The maximum absolute atomic E-state index is 12.6. The lowest BCUT2D eigenvalue weighted by Gasteiger charge is -2.24. The standard InChI is InChI=1S/C17H23N3OS2/c1-11-12(2)23-17(19-11)15(8-13-5-7-22-10-13)20-16(21)14-4-3-6-18-9-14/h5,7,10,14-15,18H,3-4,6,8-9H2,1-2H3,(H,20,21)/t14-,15-/m0/s1. The average molecular weight is 350 g/mol. The predicted molar refractivity (Wildman–Crippen MR) is 96.1 cm³/mol. The minimum atomic E-state index is -0.0311. The minimum Gasteiger partial charge on any atom is -0.346 e. The molecule has 1 fully saturated rings. The lowest BCUT2D eigenvalue weighted by atomic mass is 9.98. The molecule has 124 valence electrons. The highest BCUT2D eigenvalue weighted by molar-refractivity contribution is 7.11. The maximum Gasteiger partial charge on any atom is 0.224 e. The maximum atomic E-state index is 12.6. The van der Waals surface area contributed by atoms with Crippen LogP contribution in [0.1, 0.15) is 40.0 Å². The number of hydrogen-bond donors (Lipinski definition) is 2. The molecule has 0 saturated carbocycles. The average Bonchev–Trinajstić information content (AvgIpc) is 3.18. The monoisotopic (exact) mass is 349 g/mol. The van der Waals surface area contributed by atoms with Gasteiger partial charge < -0.3 is 10.6 Å². The number of nitrogens with zero attached hydrogens (tertiary/aromatic N) is 1. The third-order valence-electron chi connectivity index (χ3n) is 4.35. The van der Waals surface area contributed by atoms with E-state index in [1.807, 2.05) is 6.92 Å². The van der Waals surface area contributed by atoms with Gasteiger partial charge in [0.1, 0.15) is 5.01 Å². The Bertz CT molecular complexity index is 625. The molecular weight excluding hydrogens is 326 g/mol. The summed E-state index contributed by atoms with van der Waals surface area (Å²) in [7, 11) is 0. The van der Waals surface area contributed by atoms with E-state index in [-0.39, 0.29) is 17.9 Å². The van der Waals surface area contributed by atoms with Gasteiger partial charge in [-0.15, -0.1) is 11.3 Å². The van der Waals surface area contributed by atoms with Crippen LogP contribution in [0.15, 0.2) is 16.8 Å². The number of carbonyl (C=O) groups excluding carboxylic acids is 1. The van der Waals surface area contributed by atoms with E-state index in [2.05, 4.69) is 39.4 Å². The lowest BCUT2D eigenvalue weighted by Crippen LogP contribution is -2.42. The molecule has 2 atom stereocenters. The summed E-state index contributed by atoms with van der Waals surface area (Å²) in [6, 6.07) is 2.09. The van der Waals surface area contributed by atoms with Crippen molar-refractivity contribution in [3.8, 4) is 0 Å². The normalized spacial score (nSPS) is 19.5. The number of amides is 1. The summed E-state index contributed by atoms with van der Waals surface area (Å²) in [5.41, 5.74) is 2.32. The Labute approximate surface area is 145 Å². The second-order valence-electron chi connectivity index (χ2n) is 6.13. The van der Waals surface area contributed by atoms with Gasteiger partial charge in [0.15, 0.2) is 0 Å². The first-order valence-electron chi connectivity index (χ1n) is 8.09. The minimum absolute atomic E-state index is 0.0311. The van der Waals surface area contributed by atoms with Crippen LogP contribution in [-0.4, -0.2) is 24.0 Å². The van der Waals surface area contributed by atoms with Crippen molar-refractivity contribution in [2.45, 2.75) is 39.2 Å². The number of aryl methyl sites for hydroxylation is 2. The molecule has 3 rings (SSSR count). The van der Waals surface area contributed by atoms with Gasteiger partial charge in [0.05, 0.1) is 17.7 Å². The van der Waals surface area contributed by atoms with Gasteiger partial charge in [0, 0.05) is 17.8 Å². The zero-order valence-corrected chi connectivity index (χ0v) is 15.2. The fourth-order valence-electron chi connectivity index (χ4n) is 2.86. The molecule has 0 aromatic carbocycles. The zero-order chi connectivity index (χ0) is 16.2. The Kier molecular flexibility index (Phi) is 5.46. The van der Waals surface area contributed by atoms with Crippen LogP contribution < -0.4 is 10.6 Å². The number of thiophene rings is 1. The van der Waals surface area contributed by atoms with Crippen LogP contribution in [0.4, 0.5) is 0 Å². The topological polar surface area (TPSA) is 54.0 Å². The van der Waals surface area contributed by atoms with Crippen molar-refractivity contribution in [2.75, 3.05) is 13.1 Å². The molecule has 1 saturated heterocycles. The van der Waals surface area contributed by atoms with Crippen molar-refractivity contribution in [3.05, 3.63) is 38.0 Å². The van der Waals surface area contributed by atoms with Gasteiger partial charge in [0.25, 0.3) is 0 Å². The lowest BCUT2D eigenvalue weighted by molar-refractivity contribution is -0.126. The molecule has 2 aromatic heterocycles. The summed E-state index contributed by atoms with van der Waals surface area (Å²) in [5.74, 6) is 0.235. The first-order valence-corrected chi connectivity index (χ1v) is 9.85. The van der Waals surface area contributed by atoms with Gasteiger partial charge in [-0.05, 0) is 55.6 Å². The van der Waals surface area contributed by atoms with Crippen molar-refractivity contribution < 1.29 is 4.79 Å². The van der Waals surface area contributed by atoms with Gasteiger partial charge >= 0.3 is 0 Å². The third-order valence-corrected chi connectivity index (χ3v) is 6.27. The van der Waals surface area contributed by atoms with E-state index in [1.165, 1.54) is 10.4 Å². The molecule has 2 aromatic rings. The Morgan fingerprint density at radius 3 is 3.00 bits per heavy atom. The molecule has 1 aliphatic rings. The summed E-state index contributed by atoms with van der Waals surface area (Å²) in [4.78, 5) is 18.5. The van der Waals surface area contributed by atoms with Gasteiger partial charge in [-0.3, -0.25) is 4.79 Å². The quantitative estimate of drug-likeness (QED) is 0.871. The Hall–Kier alpha value is -1.24. The largest absolute Gasteiger partial charge is 0.346 e. The molecule has 23 heavy (non-hydrogen) atoms. The number of thiazole rings is 1. The number of aromatic nitrogens is 1. The molecule has 4 nitrogen and oxygen atoms in total. The van der Waals surface area contributed by atoms with E-state index < -0.39 is 0 Å². The SMILES string of the molecule is Cc1nc([C@H](Cc2ccsc2)NC(=O)[C@H]2CCCNC2)sc1C. The second kappa shape index (κ2) is 7.55. The van der Waals surface area contributed by atoms with Crippen molar-refractivity contribution in [1.82, 2.24) is 15.6 Å². The first-order chi connectivity index (χ1) is 11.1. The molecule has 0 radical (unpaired) electrons. The van der Waals surface area contributed by atoms with E-state index in [0.29, 0.717) is 0 Å². The third kappa shape index (κ3) is 4.19. The van der Waals surface area contributed by atoms with Crippen molar-refractivity contribution in [3.63, 3.8) is 0 Å². The number of hydrogen-bond acceptors (Lipinski definition) is 5. The number of carbonyl (C=O) groups is 1. The summed E-state index contributed by atoms with van der Waals surface area (Å²) in [5, 5.41) is 11.8. The molecule has 0 bridgehead atoms. The van der Waals surface area contributed by atoms with E-state index in [9.17, 15) is 4.79 Å². The van der Waals surface area contributed by atoms with E-state index in [0.717, 1.165) is 43.1 Å². The van der Waals surface area contributed by atoms with Crippen molar-refractivity contribution >= 4 is 28.6 Å². The molecule has 2 N–H and O–H groups in total.